The summed E-state index contributed by atoms with van der Waals surface area (Å²) < 4.78 is 0. The van der Waals surface area contributed by atoms with Gasteiger partial charge in [0.2, 0.25) is 5.91 Å². The third kappa shape index (κ3) is 4.48. The molecule has 32 heavy (non-hydrogen) atoms. The summed E-state index contributed by atoms with van der Waals surface area (Å²) in [7, 11) is 0. The van der Waals surface area contributed by atoms with E-state index in [9.17, 15) is 9.59 Å². The van der Waals surface area contributed by atoms with Crippen molar-refractivity contribution in [1.82, 2.24) is 14.8 Å². The summed E-state index contributed by atoms with van der Waals surface area (Å²) in [5.41, 5.74) is 3.64. The Labute approximate surface area is 188 Å². The molecular weight excluding hydrogens is 402 g/mol. The quantitative estimate of drug-likeness (QED) is 0.651. The molecule has 1 aromatic heterocycles. The fourth-order valence-corrected chi connectivity index (χ4v) is 4.60. The van der Waals surface area contributed by atoms with Gasteiger partial charge in [0.25, 0.3) is 5.91 Å². The number of nitrogens with one attached hydrogen (secondary N) is 2. The van der Waals surface area contributed by atoms with Gasteiger partial charge in [-0.05, 0) is 49.2 Å². The van der Waals surface area contributed by atoms with Crippen LogP contribution in [0.4, 0.5) is 11.4 Å². The van der Waals surface area contributed by atoms with Gasteiger partial charge in [-0.2, -0.15) is 0 Å². The lowest BCUT2D eigenvalue weighted by Crippen LogP contribution is -2.50. The number of carbonyl (C=O) groups is 2. The number of aromatic nitrogens is 1. The monoisotopic (exact) mass is 431 g/mol. The molecule has 0 saturated carbocycles. The number of amides is 2. The second kappa shape index (κ2) is 9.04. The molecule has 2 amide bonds. The number of aromatic amines is 1. The van der Waals surface area contributed by atoms with E-state index in [2.05, 4.69) is 32.2 Å². The van der Waals surface area contributed by atoms with Crippen LogP contribution in [0.15, 0.2) is 54.6 Å². The number of rotatable bonds is 5. The van der Waals surface area contributed by atoms with Crippen LogP contribution < -0.4 is 10.2 Å². The van der Waals surface area contributed by atoms with Crippen molar-refractivity contribution < 1.29 is 9.59 Å². The third-order valence-electron chi connectivity index (χ3n) is 6.41. The predicted octanol–water partition coefficient (Wildman–Crippen LogP) is 3.16. The zero-order chi connectivity index (χ0) is 21.9. The average Bonchev–Trinajstić information content (AvgIpc) is 3.50. The minimum Gasteiger partial charge on any atom is -0.372 e. The van der Waals surface area contributed by atoms with Crippen LogP contribution in [0.2, 0.25) is 0 Å². The predicted molar refractivity (Wildman–Crippen MR) is 127 cm³/mol. The number of benzene rings is 2. The summed E-state index contributed by atoms with van der Waals surface area (Å²) in [6.45, 7) is 5.17. The molecule has 0 aliphatic carbocycles. The van der Waals surface area contributed by atoms with Crippen LogP contribution in [0.1, 0.15) is 23.3 Å². The van der Waals surface area contributed by atoms with E-state index in [4.69, 9.17) is 0 Å². The first-order valence-electron chi connectivity index (χ1n) is 11.4. The standard InChI is InChI=1S/C25H29N5O2/c31-24(26-20-7-9-21(10-8-20)29-11-3-4-12-29)18-28-13-15-30(16-14-28)25(32)23-17-19-5-1-2-6-22(19)27-23/h1-2,5-10,17,27H,3-4,11-16,18H2,(H,26,31). The van der Waals surface area contributed by atoms with Crippen molar-refractivity contribution in [3.05, 3.63) is 60.3 Å². The molecule has 0 atom stereocenters. The third-order valence-corrected chi connectivity index (χ3v) is 6.41. The molecule has 3 aromatic rings. The fourth-order valence-electron chi connectivity index (χ4n) is 4.60. The van der Waals surface area contributed by atoms with Crippen molar-refractivity contribution in [2.24, 2.45) is 0 Å². The Kier molecular flexibility index (Phi) is 5.81. The number of fused-ring (bicyclic) bond motifs is 1. The lowest BCUT2D eigenvalue weighted by atomic mass is 10.2. The van der Waals surface area contributed by atoms with Gasteiger partial charge in [-0.25, -0.2) is 0 Å². The van der Waals surface area contributed by atoms with Gasteiger partial charge >= 0.3 is 0 Å². The van der Waals surface area contributed by atoms with Crippen LogP contribution in [-0.4, -0.2) is 72.4 Å². The highest BCUT2D eigenvalue weighted by molar-refractivity contribution is 5.98. The molecule has 0 spiro atoms. The molecule has 0 unspecified atom stereocenters. The van der Waals surface area contributed by atoms with Crippen molar-refractivity contribution in [2.45, 2.75) is 12.8 Å². The molecule has 7 nitrogen and oxygen atoms in total. The minimum absolute atomic E-state index is 0.0170. The van der Waals surface area contributed by atoms with Gasteiger partial charge in [0.1, 0.15) is 5.69 Å². The molecule has 2 aromatic carbocycles. The van der Waals surface area contributed by atoms with Crippen molar-refractivity contribution in [3.63, 3.8) is 0 Å². The Hall–Kier alpha value is -3.32. The maximum atomic E-state index is 12.9. The second-order valence-electron chi connectivity index (χ2n) is 8.63. The van der Waals surface area contributed by atoms with Gasteiger partial charge in [-0.1, -0.05) is 18.2 Å². The van der Waals surface area contributed by atoms with Crippen LogP contribution in [0.5, 0.6) is 0 Å². The van der Waals surface area contributed by atoms with Crippen molar-refractivity contribution in [2.75, 3.05) is 56.0 Å². The van der Waals surface area contributed by atoms with E-state index < -0.39 is 0 Å². The molecule has 2 saturated heterocycles. The van der Waals surface area contributed by atoms with Gasteiger partial charge in [-0.3, -0.25) is 14.5 Å². The van der Waals surface area contributed by atoms with Gasteiger partial charge < -0.3 is 20.1 Å². The first-order valence-corrected chi connectivity index (χ1v) is 11.4. The highest BCUT2D eigenvalue weighted by Crippen LogP contribution is 2.22. The Bertz CT molecular complexity index is 1060. The van der Waals surface area contributed by atoms with E-state index in [1.165, 1.54) is 18.5 Å². The average molecular weight is 432 g/mol. The lowest BCUT2D eigenvalue weighted by molar-refractivity contribution is -0.117. The van der Waals surface area contributed by atoms with Crippen LogP contribution in [0.25, 0.3) is 10.9 Å². The minimum atomic E-state index is -0.0192. The van der Waals surface area contributed by atoms with Gasteiger partial charge in [0.15, 0.2) is 0 Å². The molecule has 2 aliphatic heterocycles. The number of para-hydroxylation sites is 1. The van der Waals surface area contributed by atoms with Crippen LogP contribution in [-0.2, 0) is 4.79 Å². The summed E-state index contributed by atoms with van der Waals surface area (Å²) in [5, 5.41) is 4.04. The number of hydrogen-bond acceptors (Lipinski definition) is 4. The van der Waals surface area contributed by atoms with E-state index in [-0.39, 0.29) is 11.8 Å². The largest absolute Gasteiger partial charge is 0.372 e. The van der Waals surface area contributed by atoms with Crippen LogP contribution in [0, 0.1) is 0 Å². The highest BCUT2D eigenvalue weighted by Gasteiger charge is 2.24. The molecule has 2 fully saturated rings. The first kappa shape index (κ1) is 20.6. The molecule has 2 aliphatic rings. The zero-order valence-electron chi connectivity index (χ0n) is 18.2. The summed E-state index contributed by atoms with van der Waals surface area (Å²) in [6.07, 6.45) is 2.50. The molecule has 2 N–H and O–H groups in total. The maximum Gasteiger partial charge on any atom is 0.270 e. The number of nitrogens with zero attached hydrogens (tertiary/aromatic N) is 3. The van der Waals surface area contributed by atoms with Gasteiger partial charge in [0, 0.05) is 61.5 Å². The Balaban J connectivity index is 1.10. The lowest BCUT2D eigenvalue weighted by Gasteiger charge is -2.34. The van der Waals surface area contributed by atoms with E-state index in [0.717, 1.165) is 29.7 Å². The fraction of sp³-hybridized carbons (Fsp3) is 0.360. The molecule has 0 radical (unpaired) electrons. The van der Waals surface area contributed by atoms with E-state index >= 15 is 0 Å². The van der Waals surface area contributed by atoms with Crippen molar-refractivity contribution in [3.8, 4) is 0 Å². The molecule has 5 rings (SSSR count). The Morgan fingerprint density at radius 2 is 1.59 bits per heavy atom. The number of hydrogen-bond donors (Lipinski definition) is 2. The highest BCUT2D eigenvalue weighted by atomic mass is 16.2. The normalized spacial score (nSPS) is 17.1. The van der Waals surface area contributed by atoms with E-state index in [0.29, 0.717) is 38.4 Å². The SMILES string of the molecule is O=C(CN1CCN(C(=O)c2cc3ccccc3[nH]2)CC1)Nc1ccc(N2CCCC2)cc1. The Morgan fingerprint density at radius 1 is 0.875 bits per heavy atom. The summed E-state index contributed by atoms with van der Waals surface area (Å²) >= 11 is 0. The molecule has 7 heteroatoms. The van der Waals surface area contributed by atoms with Crippen molar-refractivity contribution in [1.29, 1.82) is 0 Å². The summed E-state index contributed by atoms with van der Waals surface area (Å²) in [5.74, 6) is -0.00212. The first-order chi connectivity index (χ1) is 15.7. The topological polar surface area (TPSA) is 71.7 Å². The second-order valence-corrected chi connectivity index (χ2v) is 8.63. The molecule has 0 bridgehead atoms. The number of H-pyrrole nitrogens is 1. The molecule has 166 valence electrons. The maximum absolute atomic E-state index is 12.9. The van der Waals surface area contributed by atoms with Crippen LogP contribution >= 0.6 is 0 Å². The van der Waals surface area contributed by atoms with Crippen LogP contribution in [0.3, 0.4) is 0 Å². The smallest absolute Gasteiger partial charge is 0.270 e. The number of piperazine rings is 1. The number of anilines is 2. The van der Waals surface area contributed by atoms with Gasteiger partial charge in [-0.15, -0.1) is 0 Å². The van der Waals surface area contributed by atoms with Gasteiger partial charge in [0.05, 0.1) is 6.54 Å². The van der Waals surface area contributed by atoms with E-state index in [1.54, 1.807) is 0 Å². The van der Waals surface area contributed by atoms with Crippen molar-refractivity contribution >= 4 is 34.1 Å². The number of carbonyl (C=O) groups excluding carboxylic acids is 2. The zero-order valence-corrected chi connectivity index (χ0v) is 18.2. The Morgan fingerprint density at radius 3 is 2.31 bits per heavy atom. The molecule has 3 heterocycles. The summed E-state index contributed by atoms with van der Waals surface area (Å²) in [4.78, 5) is 34.9. The van der Waals surface area contributed by atoms with E-state index in [1.807, 2.05) is 47.4 Å². The molecular formula is C25H29N5O2. The summed E-state index contributed by atoms with van der Waals surface area (Å²) in [6, 6.07) is 17.9.